The summed E-state index contributed by atoms with van der Waals surface area (Å²) in [7, 11) is 0. The number of benzene rings is 1. The second kappa shape index (κ2) is 7.78. The van der Waals surface area contributed by atoms with Crippen molar-refractivity contribution in [3.63, 3.8) is 0 Å². The number of nitrogens with one attached hydrogen (secondary N) is 1. The molecule has 1 aromatic rings. The Morgan fingerprint density at radius 2 is 1.91 bits per heavy atom. The van der Waals surface area contributed by atoms with Gasteiger partial charge in [0.2, 0.25) is 0 Å². The van der Waals surface area contributed by atoms with Crippen molar-refractivity contribution < 1.29 is 4.74 Å². The van der Waals surface area contributed by atoms with Crippen LogP contribution in [0.15, 0.2) is 24.3 Å². The number of rotatable bonds is 4. The molecule has 3 N–H and O–H groups in total. The molecule has 0 unspecified atom stereocenters. The predicted molar refractivity (Wildman–Crippen MR) is 91.4 cm³/mol. The van der Waals surface area contributed by atoms with Gasteiger partial charge in [-0.2, -0.15) is 0 Å². The van der Waals surface area contributed by atoms with E-state index < -0.39 is 0 Å². The van der Waals surface area contributed by atoms with Gasteiger partial charge in [-0.1, -0.05) is 29.8 Å². The second-order valence-corrected chi connectivity index (χ2v) is 7.10. The molecule has 0 radical (unpaired) electrons. The fraction of sp³-hybridized carbons (Fsp3) is 0.667. The number of hydrogen-bond donors (Lipinski definition) is 2. The first-order chi connectivity index (χ1) is 10.7. The Morgan fingerprint density at radius 3 is 2.64 bits per heavy atom. The minimum Gasteiger partial charge on any atom is -0.377 e. The van der Waals surface area contributed by atoms with Crippen molar-refractivity contribution in [1.82, 2.24) is 5.32 Å². The Hall–Kier alpha value is -0.610. The number of halogens is 1. The lowest BCUT2D eigenvalue weighted by molar-refractivity contribution is 0.00620. The summed E-state index contributed by atoms with van der Waals surface area (Å²) in [5.74, 6) is 0.587. The molecular formula is C18H27ClN2O. The van der Waals surface area contributed by atoms with Gasteiger partial charge in [0, 0.05) is 17.1 Å². The highest BCUT2D eigenvalue weighted by atomic mass is 35.5. The van der Waals surface area contributed by atoms with E-state index in [1.165, 1.54) is 24.8 Å². The summed E-state index contributed by atoms with van der Waals surface area (Å²) in [5.41, 5.74) is 7.46. The normalized spacial score (nSPS) is 32.8. The summed E-state index contributed by atoms with van der Waals surface area (Å²) < 4.78 is 6.13. The third kappa shape index (κ3) is 4.02. The van der Waals surface area contributed by atoms with Crippen molar-refractivity contribution in [2.45, 2.75) is 62.6 Å². The SMILES string of the molecule is N[C@H]1CCCN[C@H]1CO[C@H]1CC[C@@H](c2ccccc2Cl)CC1. The smallest absolute Gasteiger partial charge is 0.0638 e. The van der Waals surface area contributed by atoms with Gasteiger partial charge in [0.05, 0.1) is 12.7 Å². The summed E-state index contributed by atoms with van der Waals surface area (Å²) in [6.45, 7) is 1.82. The minimum atomic E-state index is 0.244. The molecule has 1 aromatic carbocycles. The first-order valence-electron chi connectivity index (χ1n) is 8.59. The zero-order valence-corrected chi connectivity index (χ0v) is 13.9. The van der Waals surface area contributed by atoms with Gasteiger partial charge >= 0.3 is 0 Å². The van der Waals surface area contributed by atoms with Crippen LogP contribution in [0.4, 0.5) is 0 Å². The molecule has 1 saturated carbocycles. The molecule has 1 heterocycles. The number of piperidine rings is 1. The molecule has 1 aliphatic carbocycles. The number of hydrogen-bond acceptors (Lipinski definition) is 3. The maximum atomic E-state index is 6.32. The first kappa shape index (κ1) is 16.3. The molecule has 1 saturated heterocycles. The lowest BCUT2D eigenvalue weighted by Crippen LogP contribution is -2.52. The van der Waals surface area contributed by atoms with Crippen molar-refractivity contribution >= 4 is 11.6 Å². The molecule has 3 nitrogen and oxygen atoms in total. The minimum absolute atomic E-state index is 0.244. The molecule has 1 aliphatic heterocycles. The molecule has 0 bridgehead atoms. The quantitative estimate of drug-likeness (QED) is 0.892. The Bertz CT molecular complexity index is 474. The van der Waals surface area contributed by atoms with Crippen molar-refractivity contribution in [1.29, 1.82) is 0 Å². The molecule has 4 heteroatoms. The molecule has 0 amide bonds. The van der Waals surface area contributed by atoms with Crippen molar-refractivity contribution in [2.24, 2.45) is 5.73 Å². The zero-order chi connectivity index (χ0) is 15.4. The van der Waals surface area contributed by atoms with E-state index in [0.717, 1.165) is 37.4 Å². The Labute approximate surface area is 138 Å². The summed E-state index contributed by atoms with van der Waals surface area (Å²) in [5, 5.41) is 4.39. The summed E-state index contributed by atoms with van der Waals surface area (Å²) in [6, 6.07) is 8.82. The summed E-state index contributed by atoms with van der Waals surface area (Å²) >= 11 is 6.32. The van der Waals surface area contributed by atoms with Crippen LogP contribution in [0.25, 0.3) is 0 Å². The van der Waals surface area contributed by atoms with E-state index in [2.05, 4.69) is 17.4 Å². The predicted octanol–water partition coefficient (Wildman–Crippen LogP) is 3.46. The van der Waals surface area contributed by atoms with Crippen LogP contribution in [-0.2, 0) is 4.74 Å². The Balaban J connectivity index is 1.45. The van der Waals surface area contributed by atoms with Crippen LogP contribution in [0.5, 0.6) is 0 Å². The Kier molecular flexibility index (Phi) is 5.75. The van der Waals surface area contributed by atoms with Gasteiger partial charge in [0.15, 0.2) is 0 Å². The molecular weight excluding hydrogens is 296 g/mol. The third-order valence-electron chi connectivity index (χ3n) is 5.17. The van der Waals surface area contributed by atoms with Crippen LogP contribution in [0.2, 0.25) is 5.02 Å². The molecule has 0 aromatic heterocycles. The van der Waals surface area contributed by atoms with Crippen LogP contribution in [-0.4, -0.2) is 31.3 Å². The van der Waals surface area contributed by atoms with Crippen LogP contribution in [0.3, 0.4) is 0 Å². The molecule has 2 fully saturated rings. The Morgan fingerprint density at radius 1 is 1.14 bits per heavy atom. The summed E-state index contributed by atoms with van der Waals surface area (Å²) in [6.07, 6.45) is 7.25. The highest BCUT2D eigenvalue weighted by Crippen LogP contribution is 2.37. The lowest BCUT2D eigenvalue weighted by atomic mass is 9.82. The lowest BCUT2D eigenvalue weighted by Gasteiger charge is -2.33. The van der Waals surface area contributed by atoms with Crippen LogP contribution in [0.1, 0.15) is 50.0 Å². The first-order valence-corrected chi connectivity index (χ1v) is 8.97. The zero-order valence-electron chi connectivity index (χ0n) is 13.1. The average molecular weight is 323 g/mol. The molecule has 2 atom stereocenters. The van der Waals surface area contributed by atoms with Crippen molar-refractivity contribution in [3.05, 3.63) is 34.9 Å². The maximum Gasteiger partial charge on any atom is 0.0638 e. The van der Waals surface area contributed by atoms with E-state index in [9.17, 15) is 0 Å². The van der Waals surface area contributed by atoms with Gasteiger partial charge < -0.3 is 15.8 Å². The largest absolute Gasteiger partial charge is 0.377 e. The van der Waals surface area contributed by atoms with E-state index in [4.69, 9.17) is 22.1 Å². The van der Waals surface area contributed by atoms with Gasteiger partial charge in [-0.3, -0.25) is 0 Å². The van der Waals surface area contributed by atoms with Gasteiger partial charge in [-0.15, -0.1) is 0 Å². The molecule has 2 aliphatic rings. The van der Waals surface area contributed by atoms with Crippen LogP contribution < -0.4 is 11.1 Å². The molecule has 0 spiro atoms. The van der Waals surface area contributed by atoms with Gasteiger partial charge in [0.1, 0.15) is 0 Å². The third-order valence-corrected chi connectivity index (χ3v) is 5.51. The monoisotopic (exact) mass is 322 g/mol. The maximum absolute atomic E-state index is 6.32. The van der Waals surface area contributed by atoms with Crippen LogP contribution in [0, 0.1) is 0 Å². The number of ether oxygens (including phenoxy) is 1. The van der Waals surface area contributed by atoms with E-state index in [1.807, 2.05) is 12.1 Å². The highest BCUT2D eigenvalue weighted by Gasteiger charge is 2.26. The van der Waals surface area contributed by atoms with Gasteiger partial charge in [-0.05, 0) is 62.6 Å². The van der Waals surface area contributed by atoms with E-state index in [0.29, 0.717) is 18.1 Å². The fourth-order valence-electron chi connectivity index (χ4n) is 3.75. The van der Waals surface area contributed by atoms with E-state index in [1.54, 1.807) is 0 Å². The standard InChI is InChI=1S/C18H27ClN2O/c19-16-5-2-1-4-15(16)13-7-9-14(10-8-13)22-12-18-17(20)6-3-11-21-18/h1-2,4-5,13-14,17-18,21H,3,6-12,20H2/t13-,14+,17-,18-/m0/s1. The average Bonchev–Trinajstić information content (AvgIpc) is 2.55. The van der Waals surface area contributed by atoms with Gasteiger partial charge in [-0.25, -0.2) is 0 Å². The second-order valence-electron chi connectivity index (χ2n) is 6.70. The van der Waals surface area contributed by atoms with Crippen molar-refractivity contribution in [3.8, 4) is 0 Å². The van der Waals surface area contributed by atoms with Gasteiger partial charge in [0.25, 0.3) is 0 Å². The van der Waals surface area contributed by atoms with Crippen molar-refractivity contribution in [2.75, 3.05) is 13.2 Å². The summed E-state index contributed by atoms with van der Waals surface area (Å²) in [4.78, 5) is 0. The van der Waals surface area contributed by atoms with E-state index >= 15 is 0 Å². The highest BCUT2D eigenvalue weighted by molar-refractivity contribution is 6.31. The number of nitrogens with two attached hydrogens (primary N) is 1. The fourth-order valence-corrected chi connectivity index (χ4v) is 4.04. The molecule has 22 heavy (non-hydrogen) atoms. The van der Waals surface area contributed by atoms with Crippen LogP contribution >= 0.6 is 11.6 Å². The van der Waals surface area contributed by atoms with E-state index in [-0.39, 0.29) is 6.04 Å². The topological polar surface area (TPSA) is 47.3 Å². The molecule has 3 rings (SSSR count). The molecule has 122 valence electrons.